The van der Waals surface area contributed by atoms with Gasteiger partial charge in [-0.2, -0.15) is 0 Å². The maximum absolute atomic E-state index is 6.43. The molecule has 2 nitrogen and oxygen atoms in total. The van der Waals surface area contributed by atoms with Crippen LogP contribution in [0.2, 0.25) is 5.02 Å². The summed E-state index contributed by atoms with van der Waals surface area (Å²) in [6.45, 7) is 2.83. The van der Waals surface area contributed by atoms with Gasteiger partial charge in [0.25, 0.3) is 0 Å². The first-order valence-electron chi connectivity index (χ1n) is 6.98. The first-order chi connectivity index (χ1) is 10.2. The van der Waals surface area contributed by atoms with Crippen LogP contribution in [-0.4, -0.2) is 12.0 Å². The van der Waals surface area contributed by atoms with E-state index >= 15 is 0 Å². The molecule has 1 aromatic heterocycles. The van der Waals surface area contributed by atoms with Gasteiger partial charge in [-0.3, -0.25) is 4.98 Å². The minimum Gasteiger partial charge on any atom is -0.316 e. The van der Waals surface area contributed by atoms with Crippen molar-refractivity contribution in [2.75, 3.05) is 7.05 Å². The lowest BCUT2D eigenvalue weighted by Crippen LogP contribution is -2.04. The van der Waals surface area contributed by atoms with E-state index in [1.54, 1.807) is 0 Å². The van der Waals surface area contributed by atoms with Crippen molar-refractivity contribution in [1.29, 1.82) is 0 Å². The van der Waals surface area contributed by atoms with E-state index in [1.165, 1.54) is 5.56 Å². The molecule has 0 bridgehead atoms. The number of hydrogen-bond donors (Lipinski definition) is 1. The van der Waals surface area contributed by atoms with Crippen LogP contribution in [0.1, 0.15) is 11.3 Å². The Bertz CT molecular complexity index is 796. The number of halogens is 1. The third-order valence-corrected chi connectivity index (χ3v) is 3.87. The fourth-order valence-corrected chi connectivity index (χ4v) is 2.81. The minimum atomic E-state index is 0.780. The second kappa shape index (κ2) is 5.84. The van der Waals surface area contributed by atoms with Crippen molar-refractivity contribution in [2.45, 2.75) is 13.5 Å². The van der Waals surface area contributed by atoms with E-state index in [9.17, 15) is 0 Å². The highest BCUT2D eigenvalue weighted by Gasteiger charge is 2.06. The Morgan fingerprint density at radius 2 is 1.90 bits per heavy atom. The van der Waals surface area contributed by atoms with Crippen molar-refractivity contribution >= 4 is 22.5 Å². The van der Waals surface area contributed by atoms with Crippen LogP contribution in [0.15, 0.2) is 48.5 Å². The fourth-order valence-electron chi connectivity index (χ4n) is 2.50. The van der Waals surface area contributed by atoms with Gasteiger partial charge in [0.15, 0.2) is 0 Å². The number of fused-ring (bicyclic) bond motifs is 1. The first kappa shape index (κ1) is 14.1. The van der Waals surface area contributed by atoms with Gasteiger partial charge in [0, 0.05) is 28.2 Å². The number of benzene rings is 2. The van der Waals surface area contributed by atoms with Gasteiger partial charge in [-0.25, -0.2) is 0 Å². The Morgan fingerprint density at radius 1 is 1.05 bits per heavy atom. The Hall–Kier alpha value is -1.90. The molecule has 0 fully saturated rings. The molecule has 21 heavy (non-hydrogen) atoms. The van der Waals surface area contributed by atoms with Crippen molar-refractivity contribution in [3.05, 3.63) is 64.8 Å². The smallest absolute Gasteiger partial charge is 0.0705 e. The van der Waals surface area contributed by atoms with E-state index in [-0.39, 0.29) is 0 Å². The largest absolute Gasteiger partial charge is 0.316 e. The van der Waals surface area contributed by atoms with Gasteiger partial charge in [-0.1, -0.05) is 35.9 Å². The fraction of sp³-hybridized carbons (Fsp3) is 0.167. The van der Waals surface area contributed by atoms with E-state index in [0.717, 1.165) is 39.3 Å². The van der Waals surface area contributed by atoms with Crippen molar-refractivity contribution in [3.63, 3.8) is 0 Å². The summed E-state index contributed by atoms with van der Waals surface area (Å²) in [5.74, 6) is 0. The third-order valence-electron chi connectivity index (χ3n) is 3.55. The Kier molecular flexibility index (Phi) is 3.91. The first-order valence-corrected chi connectivity index (χ1v) is 7.36. The molecule has 1 heterocycles. The molecule has 0 amide bonds. The monoisotopic (exact) mass is 296 g/mol. The molecule has 0 saturated carbocycles. The van der Waals surface area contributed by atoms with Crippen LogP contribution in [0.25, 0.3) is 22.0 Å². The predicted octanol–water partition coefficient (Wildman–Crippen LogP) is 4.58. The summed E-state index contributed by atoms with van der Waals surface area (Å²) in [6, 6.07) is 16.6. The summed E-state index contributed by atoms with van der Waals surface area (Å²) < 4.78 is 0. The van der Waals surface area contributed by atoms with Crippen LogP contribution in [-0.2, 0) is 6.54 Å². The van der Waals surface area contributed by atoms with Gasteiger partial charge in [0.05, 0.1) is 5.52 Å². The van der Waals surface area contributed by atoms with Crippen molar-refractivity contribution < 1.29 is 0 Å². The SMILES string of the molecule is CNCc1ccc(-c2ccc3nc(C)ccc3c2)c(Cl)c1. The van der Waals surface area contributed by atoms with Gasteiger partial charge in [0.2, 0.25) is 0 Å². The summed E-state index contributed by atoms with van der Waals surface area (Å²) in [5.41, 5.74) is 5.41. The maximum atomic E-state index is 6.43. The molecule has 0 unspecified atom stereocenters. The highest BCUT2D eigenvalue weighted by molar-refractivity contribution is 6.33. The Labute approximate surface area is 129 Å². The zero-order valence-electron chi connectivity index (χ0n) is 12.2. The summed E-state index contributed by atoms with van der Waals surface area (Å²) in [4.78, 5) is 4.53. The normalized spacial score (nSPS) is 11.0. The summed E-state index contributed by atoms with van der Waals surface area (Å²) >= 11 is 6.43. The van der Waals surface area contributed by atoms with E-state index in [1.807, 2.05) is 26.1 Å². The van der Waals surface area contributed by atoms with Gasteiger partial charge in [-0.05, 0) is 49.4 Å². The number of hydrogen-bond acceptors (Lipinski definition) is 2. The molecule has 0 aliphatic rings. The Balaban J connectivity index is 2.05. The van der Waals surface area contributed by atoms with Crippen molar-refractivity contribution in [2.24, 2.45) is 0 Å². The molecule has 2 aromatic carbocycles. The van der Waals surface area contributed by atoms with Crippen LogP contribution < -0.4 is 5.32 Å². The zero-order chi connectivity index (χ0) is 14.8. The highest BCUT2D eigenvalue weighted by atomic mass is 35.5. The summed E-state index contributed by atoms with van der Waals surface area (Å²) in [5, 5.41) is 5.05. The molecule has 3 rings (SSSR count). The minimum absolute atomic E-state index is 0.780. The quantitative estimate of drug-likeness (QED) is 0.765. The van der Waals surface area contributed by atoms with E-state index in [0.29, 0.717) is 0 Å². The molecule has 106 valence electrons. The van der Waals surface area contributed by atoms with E-state index in [4.69, 9.17) is 11.6 Å². The second-order valence-electron chi connectivity index (χ2n) is 5.20. The third kappa shape index (κ3) is 2.92. The molecule has 0 aliphatic heterocycles. The molecule has 3 aromatic rings. The topological polar surface area (TPSA) is 24.9 Å². The number of rotatable bonds is 3. The van der Waals surface area contributed by atoms with Gasteiger partial charge in [-0.15, -0.1) is 0 Å². The molecule has 0 atom stereocenters. The number of nitrogens with zero attached hydrogens (tertiary/aromatic N) is 1. The van der Waals surface area contributed by atoms with Gasteiger partial charge < -0.3 is 5.32 Å². The molecular weight excluding hydrogens is 280 g/mol. The van der Waals surface area contributed by atoms with Gasteiger partial charge >= 0.3 is 0 Å². The van der Waals surface area contributed by atoms with E-state index < -0.39 is 0 Å². The predicted molar refractivity (Wildman–Crippen MR) is 89.7 cm³/mol. The number of nitrogens with one attached hydrogen (secondary N) is 1. The maximum Gasteiger partial charge on any atom is 0.0705 e. The number of pyridine rings is 1. The highest BCUT2D eigenvalue weighted by Crippen LogP contribution is 2.30. The van der Waals surface area contributed by atoms with Crippen LogP contribution >= 0.6 is 11.6 Å². The van der Waals surface area contributed by atoms with Crippen LogP contribution in [0.5, 0.6) is 0 Å². The lowest BCUT2D eigenvalue weighted by molar-refractivity contribution is 0.818. The Morgan fingerprint density at radius 3 is 2.67 bits per heavy atom. The van der Waals surface area contributed by atoms with Crippen LogP contribution in [0.4, 0.5) is 0 Å². The lowest BCUT2D eigenvalue weighted by Gasteiger charge is -2.09. The van der Waals surface area contributed by atoms with E-state index in [2.05, 4.69) is 46.7 Å². The van der Waals surface area contributed by atoms with Crippen molar-refractivity contribution in [3.8, 4) is 11.1 Å². The molecule has 0 spiro atoms. The van der Waals surface area contributed by atoms with Crippen molar-refractivity contribution in [1.82, 2.24) is 10.3 Å². The van der Waals surface area contributed by atoms with Gasteiger partial charge in [0.1, 0.15) is 0 Å². The summed E-state index contributed by atoms with van der Waals surface area (Å²) in [6.07, 6.45) is 0. The molecule has 0 saturated heterocycles. The molecular formula is C18H17ClN2. The lowest BCUT2D eigenvalue weighted by atomic mass is 10.0. The molecule has 0 aliphatic carbocycles. The molecule has 1 N–H and O–H groups in total. The summed E-state index contributed by atoms with van der Waals surface area (Å²) in [7, 11) is 1.93. The average Bonchev–Trinajstić information content (AvgIpc) is 2.47. The number of aromatic nitrogens is 1. The standard InChI is InChI=1S/C18H17ClN2/c1-12-3-5-15-10-14(6-8-18(15)21-12)16-7-4-13(11-20-2)9-17(16)19/h3-10,20H,11H2,1-2H3. The van der Waals surface area contributed by atoms with Crippen LogP contribution in [0.3, 0.4) is 0 Å². The number of aryl methyl sites for hydroxylation is 1. The molecule has 3 heteroatoms. The zero-order valence-corrected chi connectivity index (χ0v) is 12.9. The van der Waals surface area contributed by atoms with Crippen LogP contribution in [0, 0.1) is 6.92 Å². The average molecular weight is 297 g/mol. The molecule has 0 radical (unpaired) electrons. The second-order valence-corrected chi connectivity index (χ2v) is 5.61.